The minimum Gasteiger partial charge on any atom is -0.478 e. The van der Waals surface area contributed by atoms with E-state index in [9.17, 15) is 9.59 Å². The number of thioether (sulfide) groups is 1. The van der Waals surface area contributed by atoms with Crippen molar-refractivity contribution in [1.82, 2.24) is 9.97 Å². The number of aromatic nitrogens is 2. The van der Waals surface area contributed by atoms with Gasteiger partial charge < -0.3 is 9.84 Å². The van der Waals surface area contributed by atoms with Crippen molar-refractivity contribution in [3.05, 3.63) is 17.1 Å². The van der Waals surface area contributed by atoms with Crippen molar-refractivity contribution in [3.8, 4) is 0 Å². The molecule has 6 nitrogen and oxygen atoms in total. The molecule has 1 heterocycles. The summed E-state index contributed by atoms with van der Waals surface area (Å²) in [6.07, 6.45) is 0.604. The lowest BCUT2D eigenvalue weighted by Crippen LogP contribution is -2.11. The number of carboxylic acid groups (broad SMARTS) is 1. The van der Waals surface area contributed by atoms with Crippen molar-refractivity contribution in [2.75, 3.05) is 12.9 Å². The zero-order valence-corrected chi connectivity index (χ0v) is 11.2. The van der Waals surface area contributed by atoms with Gasteiger partial charge in [0.25, 0.3) is 0 Å². The van der Waals surface area contributed by atoms with Gasteiger partial charge >= 0.3 is 11.9 Å². The van der Waals surface area contributed by atoms with Gasteiger partial charge in [-0.1, -0.05) is 18.7 Å². The second kappa shape index (κ2) is 6.34. The fourth-order valence-electron chi connectivity index (χ4n) is 1.30. The number of aromatic carboxylic acids is 1. The molecule has 0 radical (unpaired) electrons. The molecule has 0 aromatic carbocycles. The van der Waals surface area contributed by atoms with E-state index < -0.39 is 11.9 Å². The van der Waals surface area contributed by atoms with E-state index in [0.717, 1.165) is 11.8 Å². The lowest BCUT2D eigenvalue weighted by Gasteiger charge is -2.08. The van der Waals surface area contributed by atoms with Crippen LogP contribution in [0.3, 0.4) is 0 Å². The molecule has 0 amide bonds. The van der Waals surface area contributed by atoms with Crippen LogP contribution in [-0.4, -0.2) is 39.9 Å². The molecule has 0 atom stereocenters. The van der Waals surface area contributed by atoms with Gasteiger partial charge in [-0.25, -0.2) is 14.8 Å². The highest BCUT2D eigenvalue weighted by atomic mass is 32.2. The molecule has 0 aliphatic heterocycles. The number of carbonyl (C=O) groups is 2. The SMILES string of the molecule is CCc1nc(C)c(C(=O)O)c(SCC(=O)OC)n1. The maximum Gasteiger partial charge on any atom is 0.340 e. The van der Waals surface area contributed by atoms with E-state index in [0.29, 0.717) is 23.0 Å². The Balaban J connectivity index is 3.09. The van der Waals surface area contributed by atoms with Gasteiger partial charge in [-0.3, -0.25) is 4.79 Å². The molecule has 0 aliphatic carbocycles. The van der Waals surface area contributed by atoms with E-state index in [2.05, 4.69) is 14.7 Å². The van der Waals surface area contributed by atoms with E-state index >= 15 is 0 Å². The number of rotatable bonds is 5. The summed E-state index contributed by atoms with van der Waals surface area (Å²) in [6.45, 7) is 3.50. The van der Waals surface area contributed by atoms with Gasteiger partial charge in [0.05, 0.1) is 18.6 Å². The molecule has 0 aliphatic rings. The van der Waals surface area contributed by atoms with Gasteiger partial charge in [0.15, 0.2) is 0 Å². The number of carbonyl (C=O) groups excluding carboxylic acids is 1. The molecular formula is C11H14N2O4S. The first-order valence-corrected chi connectivity index (χ1v) is 6.28. The summed E-state index contributed by atoms with van der Waals surface area (Å²) >= 11 is 1.05. The summed E-state index contributed by atoms with van der Waals surface area (Å²) in [6, 6.07) is 0. The average molecular weight is 270 g/mol. The van der Waals surface area contributed by atoms with Gasteiger partial charge in [-0.05, 0) is 6.92 Å². The summed E-state index contributed by atoms with van der Waals surface area (Å²) in [5.74, 6) is -0.936. The zero-order chi connectivity index (χ0) is 13.7. The number of hydrogen-bond acceptors (Lipinski definition) is 6. The molecule has 1 aromatic heterocycles. The number of hydrogen-bond donors (Lipinski definition) is 1. The van der Waals surface area contributed by atoms with Gasteiger partial charge in [0.1, 0.15) is 16.4 Å². The fourth-order valence-corrected chi connectivity index (χ4v) is 2.22. The third-order valence-electron chi connectivity index (χ3n) is 2.19. The lowest BCUT2D eigenvalue weighted by atomic mass is 10.2. The van der Waals surface area contributed by atoms with Gasteiger partial charge in [-0.2, -0.15) is 0 Å². The largest absolute Gasteiger partial charge is 0.478 e. The molecule has 0 unspecified atom stereocenters. The van der Waals surface area contributed by atoms with Crippen LogP contribution in [0.4, 0.5) is 0 Å². The highest BCUT2D eigenvalue weighted by Gasteiger charge is 2.18. The van der Waals surface area contributed by atoms with Crippen LogP contribution in [0.5, 0.6) is 0 Å². The Morgan fingerprint density at radius 3 is 2.56 bits per heavy atom. The highest BCUT2D eigenvalue weighted by molar-refractivity contribution is 8.00. The van der Waals surface area contributed by atoms with Crippen LogP contribution in [0.1, 0.15) is 28.8 Å². The topological polar surface area (TPSA) is 89.4 Å². The van der Waals surface area contributed by atoms with Crippen molar-refractivity contribution in [3.63, 3.8) is 0 Å². The summed E-state index contributed by atoms with van der Waals surface area (Å²) in [5.41, 5.74) is 0.447. The third-order valence-corrected chi connectivity index (χ3v) is 3.14. The Bertz CT molecular complexity index is 476. The van der Waals surface area contributed by atoms with Gasteiger partial charge in [-0.15, -0.1) is 0 Å². The molecule has 0 spiro atoms. The van der Waals surface area contributed by atoms with Crippen molar-refractivity contribution in [2.24, 2.45) is 0 Å². The third kappa shape index (κ3) is 3.43. The molecular weight excluding hydrogens is 256 g/mol. The van der Waals surface area contributed by atoms with E-state index in [4.69, 9.17) is 5.11 Å². The Hall–Kier alpha value is -1.63. The van der Waals surface area contributed by atoms with Crippen molar-refractivity contribution in [1.29, 1.82) is 0 Å². The summed E-state index contributed by atoms with van der Waals surface area (Å²) in [4.78, 5) is 30.5. The minimum atomic E-state index is -1.09. The van der Waals surface area contributed by atoms with Gasteiger partial charge in [0, 0.05) is 6.42 Å². The second-order valence-electron chi connectivity index (χ2n) is 3.43. The quantitative estimate of drug-likeness (QED) is 0.490. The number of carboxylic acids is 1. The average Bonchev–Trinajstić information content (AvgIpc) is 2.34. The maximum atomic E-state index is 11.1. The Morgan fingerprint density at radius 1 is 1.39 bits per heavy atom. The first-order valence-electron chi connectivity index (χ1n) is 5.30. The summed E-state index contributed by atoms with van der Waals surface area (Å²) < 4.78 is 4.51. The number of methoxy groups -OCH3 is 1. The zero-order valence-electron chi connectivity index (χ0n) is 10.4. The molecule has 0 bridgehead atoms. The Labute approximate surface area is 109 Å². The predicted octanol–water partition coefficient (Wildman–Crippen LogP) is 1.31. The summed E-state index contributed by atoms with van der Waals surface area (Å²) in [7, 11) is 1.28. The lowest BCUT2D eigenvalue weighted by molar-refractivity contribution is -0.137. The van der Waals surface area contributed by atoms with Crippen LogP contribution >= 0.6 is 11.8 Å². The van der Waals surface area contributed by atoms with Crippen LogP contribution in [0.25, 0.3) is 0 Å². The molecule has 7 heteroatoms. The molecule has 1 N–H and O–H groups in total. The number of aryl methyl sites for hydroxylation is 2. The van der Waals surface area contributed by atoms with Crippen molar-refractivity contribution < 1.29 is 19.4 Å². The molecule has 0 saturated carbocycles. The molecule has 0 fully saturated rings. The van der Waals surface area contributed by atoms with Crippen LogP contribution in [-0.2, 0) is 16.0 Å². The van der Waals surface area contributed by atoms with Crippen LogP contribution in [0.15, 0.2) is 5.03 Å². The fraction of sp³-hybridized carbons (Fsp3) is 0.455. The van der Waals surface area contributed by atoms with E-state index in [1.807, 2.05) is 6.92 Å². The molecule has 18 heavy (non-hydrogen) atoms. The van der Waals surface area contributed by atoms with Crippen LogP contribution in [0.2, 0.25) is 0 Å². The first kappa shape index (κ1) is 14.4. The van der Waals surface area contributed by atoms with Crippen LogP contribution < -0.4 is 0 Å². The molecule has 1 rings (SSSR count). The minimum absolute atomic E-state index is 0.0242. The first-order chi connectivity index (χ1) is 8.49. The smallest absolute Gasteiger partial charge is 0.340 e. The summed E-state index contributed by atoms with van der Waals surface area (Å²) in [5, 5.41) is 9.43. The van der Waals surface area contributed by atoms with Crippen molar-refractivity contribution >= 4 is 23.7 Å². The molecule has 0 saturated heterocycles. The predicted molar refractivity (Wildman–Crippen MR) is 65.8 cm³/mol. The monoisotopic (exact) mass is 270 g/mol. The molecule has 98 valence electrons. The second-order valence-corrected chi connectivity index (χ2v) is 4.39. The highest BCUT2D eigenvalue weighted by Crippen LogP contribution is 2.23. The van der Waals surface area contributed by atoms with Gasteiger partial charge in [0.2, 0.25) is 0 Å². The van der Waals surface area contributed by atoms with E-state index in [1.54, 1.807) is 6.92 Å². The van der Waals surface area contributed by atoms with E-state index in [-0.39, 0.29) is 11.3 Å². The number of nitrogens with zero attached hydrogens (tertiary/aromatic N) is 2. The van der Waals surface area contributed by atoms with Crippen LogP contribution in [0, 0.1) is 6.92 Å². The van der Waals surface area contributed by atoms with Crippen molar-refractivity contribution in [2.45, 2.75) is 25.3 Å². The molecule has 1 aromatic rings. The normalized spacial score (nSPS) is 10.2. The number of esters is 1. The van der Waals surface area contributed by atoms with E-state index in [1.165, 1.54) is 7.11 Å². The number of ether oxygens (including phenoxy) is 1. The standard InChI is InChI=1S/C11H14N2O4S/c1-4-7-12-6(2)9(11(15)16)10(13-7)18-5-8(14)17-3/h4-5H2,1-3H3,(H,15,16). The maximum absolute atomic E-state index is 11.1. The Kier molecular flexibility index (Phi) is 5.08. The Morgan fingerprint density at radius 2 is 2.06 bits per heavy atom.